The van der Waals surface area contributed by atoms with Gasteiger partial charge in [-0.2, -0.15) is 0 Å². The van der Waals surface area contributed by atoms with Gasteiger partial charge in [0.2, 0.25) is 0 Å². The summed E-state index contributed by atoms with van der Waals surface area (Å²) < 4.78 is 1.95. The van der Waals surface area contributed by atoms with Gasteiger partial charge in [0, 0.05) is 60.5 Å². The van der Waals surface area contributed by atoms with E-state index in [9.17, 15) is 9.90 Å². The summed E-state index contributed by atoms with van der Waals surface area (Å²) >= 11 is 1.81. The van der Waals surface area contributed by atoms with Crippen LogP contribution in [0.15, 0.2) is 78.8 Å². The molecule has 0 fully saturated rings. The number of aliphatic hydroxyl groups is 1. The van der Waals surface area contributed by atoms with Crippen LogP contribution in [-0.4, -0.2) is 15.9 Å². The van der Waals surface area contributed by atoms with Crippen molar-refractivity contribution >= 4 is 38.1 Å². The zero-order chi connectivity index (χ0) is 37.7. The van der Waals surface area contributed by atoms with E-state index in [1.54, 1.807) is 0 Å². The minimum atomic E-state index is -0.337. The first-order valence-electron chi connectivity index (χ1n) is 18.7. The fraction of sp³-hybridized carbons (Fsp3) is 0.435. The molecule has 3 heterocycles. The molecule has 52 heavy (non-hydrogen) atoms. The normalized spacial score (nSPS) is 12.5. The Labute approximate surface area is 331 Å². The molecule has 0 bridgehead atoms. The van der Waals surface area contributed by atoms with Crippen molar-refractivity contribution in [1.82, 2.24) is 4.98 Å². The summed E-state index contributed by atoms with van der Waals surface area (Å²) in [7, 11) is 4.29. The molecule has 281 valence electrons. The van der Waals surface area contributed by atoms with Gasteiger partial charge >= 0.3 is 0 Å². The van der Waals surface area contributed by atoms with Crippen LogP contribution < -0.4 is 4.57 Å². The summed E-state index contributed by atoms with van der Waals surface area (Å²) in [4.78, 5) is 19.3. The summed E-state index contributed by atoms with van der Waals surface area (Å²) in [6, 6.07) is 23.4. The van der Waals surface area contributed by atoms with Crippen LogP contribution in [0.4, 0.5) is 0 Å². The van der Waals surface area contributed by atoms with Crippen molar-refractivity contribution in [2.75, 3.05) is 0 Å². The van der Waals surface area contributed by atoms with E-state index in [-0.39, 0.29) is 47.9 Å². The van der Waals surface area contributed by atoms with Gasteiger partial charge in [-0.15, -0.1) is 40.5 Å². The van der Waals surface area contributed by atoms with Crippen LogP contribution in [0.2, 0.25) is 0 Å². The predicted molar refractivity (Wildman–Crippen MR) is 218 cm³/mol. The number of allylic oxidation sites excluding steroid dienone is 2. The second-order valence-corrected chi connectivity index (χ2v) is 17.1. The Balaban J connectivity index is 0.000000347. The van der Waals surface area contributed by atoms with E-state index in [1.807, 2.05) is 63.6 Å². The average molecular weight is 896 g/mol. The molecule has 2 aromatic carbocycles. The Bertz CT molecular complexity index is 2010. The van der Waals surface area contributed by atoms with Crippen molar-refractivity contribution in [3.63, 3.8) is 0 Å². The number of hydrogen-bond acceptors (Lipinski definition) is 4. The number of ketones is 1. The number of aromatic nitrogens is 2. The number of carbonyl (C=O) groups is 1. The number of aliphatic hydroxyl groups excluding tert-OH is 1. The SMILES string of the molecule is CCC(C)(CC)C(=O)/C=C(\O)C(C)(CC)CC.[CH2-][n+]1ccc(-c2ccnc3sc(CC(C)C)cc23)cc1-c1[c-]c2ccccc2c(C(C)(C)C)c1.[Ir]. The van der Waals surface area contributed by atoms with Crippen LogP contribution >= 0.6 is 11.3 Å². The van der Waals surface area contributed by atoms with E-state index < -0.39 is 0 Å². The molecule has 0 spiro atoms. The van der Waals surface area contributed by atoms with Gasteiger partial charge in [-0.05, 0) is 78.8 Å². The molecule has 0 atom stereocenters. The molecule has 1 N–H and O–H groups in total. The third-order valence-corrected chi connectivity index (χ3v) is 12.0. The van der Waals surface area contributed by atoms with Crippen molar-refractivity contribution in [2.24, 2.45) is 16.7 Å². The smallest absolute Gasteiger partial charge is 0.164 e. The van der Waals surface area contributed by atoms with Gasteiger partial charge in [0.15, 0.2) is 5.78 Å². The van der Waals surface area contributed by atoms with Crippen molar-refractivity contribution in [2.45, 2.75) is 114 Å². The Kier molecular flexibility index (Phi) is 14.6. The van der Waals surface area contributed by atoms with Crippen molar-refractivity contribution < 1.29 is 34.6 Å². The van der Waals surface area contributed by atoms with Crippen LogP contribution in [-0.2, 0) is 36.7 Å². The van der Waals surface area contributed by atoms with Crippen LogP contribution in [0, 0.1) is 29.9 Å². The van der Waals surface area contributed by atoms with E-state index in [0.29, 0.717) is 5.92 Å². The van der Waals surface area contributed by atoms with E-state index in [0.717, 1.165) is 53.6 Å². The molecule has 0 aliphatic carbocycles. The Morgan fingerprint density at radius 3 is 2.15 bits per heavy atom. The number of benzene rings is 2. The maximum atomic E-state index is 12.2. The molecule has 3 aromatic heterocycles. The summed E-state index contributed by atoms with van der Waals surface area (Å²) in [5, 5.41) is 13.8. The number of rotatable bonds is 11. The standard InChI is InChI=1S/C31H31N2S.C15H28O2.Ir/c1-20(2)15-24-19-27-25(11-13-32-30(27)34-24)22-12-14-33(6)29(18-22)23-16-21-9-7-8-10-26(21)28(17-23)31(3,4)5;1-7-14(5,8-2)12(16)11-13(17)15(6,9-3)10-4;/h7-14,17-20H,6,15H2,1-5H3;11,16H,7-10H2,1-6H3;/q-1;;/b;12-11-;. The fourth-order valence-electron chi connectivity index (χ4n) is 6.35. The monoisotopic (exact) mass is 896 g/mol. The second-order valence-electron chi connectivity index (χ2n) is 16.0. The average Bonchev–Trinajstić information content (AvgIpc) is 3.52. The molecule has 0 aliphatic heterocycles. The molecule has 0 amide bonds. The van der Waals surface area contributed by atoms with E-state index in [4.69, 9.17) is 0 Å². The van der Waals surface area contributed by atoms with Crippen LogP contribution in [0.5, 0.6) is 0 Å². The zero-order valence-corrected chi connectivity index (χ0v) is 36.5. The zero-order valence-electron chi connectivity index (χ0n) is 33.2. The number of carbonyl (C=O) groups excluding carboxylic acids is 1. The van der Waals surface area contributed by atoms with Gasteiger partial charge in [0.25, 0.3) is 0 Å². The summed E-state index contributed by atoms with van der Waals surface area (Å²) in [6.07, 6.45) is 9.82. The van der Waals surface area contributed by atoms with Gasteiger partial charge in [-0.25, -0.2) is 4.98 Å². The number of nitrogens with zero attached hydrogens (tertiary/aromatic N) is 2. The number of hydrogen-bond donors (Lipinski definition) is 1. The van der Waals surface area contributed by atoms with Crippen molar-refractivity contribution in [3.8, 4) is 22.4 Å². The molecule has 5 rings (SSSR count). The molecule has 6 heteroatoms. The minimum Gasteiger partial charge on any atom is -0.512 e. The third kappa shape index (κ3) is 9.61. The largest absolute Gasteiger partial charge is 0.512 e. The summed E-state index contributed by atoms with van der Waals surface area (Å²) in [6.45, 7) is 23.4. The molecule has 0 unspecified atom stereocenters. The number of pyridine rings is 2. The number of thiophene rings is 1. The van der Waals surface area contributed by atoms with Crippen molar-refractivity contribution in [3.05, 3.63) is 102 Å². The fourth-order valence-corrected chi connectivity index (χ4v) is 7.58. The first kappa shape index (κ1) is 43.1. The topological polar surface area (TPSA) is 54.1 Å². The first-order chi connectivity index (χ1) is 24.0. The van der Waals surface area contributed by atoms with Crippen LogP contribution in [0.3, 0.4) is 0 Å². The van der Waals surface area contributed by atoms with Crippen LogP contribution in [0.25, 0.3) is 43.4 Å². The van der Waals surface area contributed by atoms with Gasteiger partial charge in [-0.1, -0.05) is 105 Å². The maximum Gasteiger partial charge on any atom is 0.164 e. The van der Waals surface area contributed by atoms with Gasteiger partial charge < -0.3 is 9.67 Å². The molecular formula is C46H59IrN2O2S-. The summed E-state index contributed by atoms with van der Waals surface area (Å²) in [5.41, 5.74) is 5.25. The van der Waals surface area contributed by atoms with E-state index >= 15 is 0 Å². The molecule has 0 aliphatic rings. The van der Waals surface area contributed by atoms with Gasteiger partial charge in [-0.3, -0.25) is 4.79 Å². The molecule has 0 saturated heterocycles. The third-order valence-electron chi connectivity index (χ3n) is 10.9. The second kappa shape index (κ2) is 17.7. The number of fused-ring (bicyclic) bond motifs is 2. The first-order valence-corrected chi connectivity index (χ1v) is 19.5. The van der Waals surface area contributed by atoms with E-state index in [2.05, 4.69) is 114 Å². The molecule has 1 radical (unpaired) electrons. The molecule has 5 aromatic rings. The Morgan fingerprint density at radius 2 is 1.56 bits per heavy atom. The van der Waals surface area contributed by atoms with E-state index in [1.165, 1.54) is 38.4 Å². The molecule has 0 saturated carbocycles. The van der Waals surface area contributed by atoms with Gasteiger partial charge in [0.05, 0.1) is 6.20 Å². The summed E-state index contributed by atoms with van der Waals surface area (Å²) in [5.74, 6) is 0.916. The Morgan fingerprint density at radius 1 is 0.923 bits per heavy atom. The quantitative estimate of drug-likeness (QED) is 0.0622. The van der Waals surface area contributed by atoms with Crippen LogP contribution in [0.1, 0.15) is 112 Å². The molecule has 4 nitrogen and oxygen atoms in total. The maximum absolute atomic E-state index is 12.2. The molecular weight excluding hydrogens is 837 g/mol. The van der Waals surface area contributed by atoms with Crippen molar-refractivity contribution in [1.29, 1.82) is 0 Å². The Hall–Kier alpha value is -3.31. The minimum absolute atomic E-state index is 0. The van der Waals surface area contributed by atoms with Gasteiger partial charge in [0.1, 0.15) is 16.3 Å². The predicted octanol–water partition coefficient (Wildman–Crippen LogP) is 12.7.